The zero-order valence-corrected chi connectivity index (χ0v) is 11.8. The minimum atomic E-state index is -0.241. The number of fused-ring (bicyclic) bond motifs is 1. The number of aromatic nitrogens is 2. The SMILES string of the molecule is CC1CCCC(CO)(Nc2cnc3ccccc3n2)C1. The Morgan fingerprint density at radius 3 is 2.90 bits per heavy atom. The summed E-state index contributed by atoms with van der Waals surface area (Å²) >= 11 is 0. The highest BCUT2D eigenvalue weighted by Gasteiger charge is 2.34. The predicted octanol–water partition coefficient (Wildman–Crippen LogP) is 2.98. The van der Waals surface area contributed by atoms with Gasteiger partial charge in [0.15, 0.2) is 0 Å². The second-order valence-electron chi connectivity index (χ2n) is 6.01. The third-order valence-electron chi connectivity index (χ3n) is 4.24. The molecule has 0 spiro atoms. The van der Waals surface area contributed by atoms with E-state index in [9.17, 15) is 5.11 Å². The molecule has 1 aliphatic rings. The molecule has 1 heterocycles. The van der Waals surface area contributed by atoms with Crippen LogP contribution in [0.15, 0.2) is 30.5 Å². The van der Waals surface area contributed by atoms with Crippen LogP contribution in [-0.2, 0) is 0 Å². The lowest BCUT2D eigenvalue weighted by Gasteiger charge is -2.39. The van der Waals surface area contributed by atoms with Crippen molar-refractivity contribution in [1.29, 1.82) is 0 Å². The molecule has 1 aliphatic carbocycles. The Bertz CT molecular complexity index is 601. The number of rotatable bonds is 3. The van der Waals surface area contributed by atoms with Gasteiger partial charge in [0.05, 0.1) is 29.4 Å². The zero-order valence-electron chi connectivity index (χ0n) is 11.8. The summed E-state index contributed by atoms with van der Waals surface area (Å²) in [6, 6.07) is 7.84. The molecule has 1 aromatic heterocycles. The first kappa shape index (κ1) is 13.3. The Morgan fingerprint density at radius 2 is 2.15 bits per heavy atom. The summed E-state index contributed by atoms with van der Waals surface area (Å²) in [5, 5.41) is 13.3. The average Bonchev–Trinajstić information content (AvgIpc) is 2.47. The van der Waals surface area contributed by atoms with Gasteiger partial charge in [0.25, 0.3) is 0 Å². The number of aliphatic hydroxyl groups excluding tert-OH is 1. The van der Waals surface area contributed by atoms with Crippen molar-refractivity contribution in [2.75, 3.05) is 11.9 Å². The summed E-state index contributed by atoms with van der Waals surface area (Å²) in [7, 11) is 0. The minimum absolute atomic E-state index is 0.145. The average molecular weight is 271 g/mol. The quantitative estimate of drug-likeness (QED) is 0.901. The summed E-state index contributed by atoms with van der Waals surface area (Å²) in [4.78, 5) is 9.03. The van der Waals surface area contributed by atoms with E-state index < -0.39 is 0 Å². The molecule has 0 amide bonds. The highest BCUT2D eigenvalue weighted by Crippen LogP contribution is 2.34. The van der Waals surface area contributed by atoms with E-state index in [1.807, 2.05) is 24.3 Å². The number of benzene rings is 1. The van der Waals surface area contributed by atoms with E-state index in [0.29, 0.717) is 5.92 Å². The first-order valence-electron chi connectivity index (χ1n) is 7.32. The zero-order chi connectivity index (χ0) is 14.0. The Morgan fingerprint density at radius 1 is 1.35 bits per heavy atom. The molecule has 1 aromatic carbocycles. The van der Waals surface area contributed by atoms with Gasteiger partial charge >= 0.3 is 0 Å². The first-order valence-corrected chi connectivity index (χ1v) is 7.32. The van der Waals surface area contributed by atoms with Crippen LogP contribution >= 0.6 is 0 Å². The van der Waals surface area contributed by atoms with E-state index in [1.54, 1.807) is 6.20 Å². The van der Waals surface area contributed by atoms with E-state index in [2.05, 4.69) is 22.2 Å². The molecule has 2 N–H and O–H groups in total. The molecule has 2 unspecified atom stereocenters. The van der Waals surface area contributed by atoms with E-state index in [-0.39, 0.29) is 12.1 Å². The van der Waals surface area contributed by atoms with Crippen LogP contribution in [0.4, 0.5) is 5.82 Å². The molecule has 4 heteroatoms. The molecule has 0 bridgehead atoms. The Balaban J connectivity index is 1.87. The van der Waals surface area contributed by atoms with Crippen LogP contribution in [0.3, 0.4) is 0 Å². The van der Waals surface area contributed by atoms with Crippen molar-refractivity contribution in [2.24, 2.45) is 5.92 Å². The summed E-state index contributed by atoms with van der Waals surface area (Å²) in [5.74, 6) is 1.39. The number of hydrogen-bond acceptors (Lipinski definition) is 4. The van der Waals surface area contributed by atoms with Gasteiger partial charge in [-0.15, -0.1) is 0 Å². The maximum atomic E-state index is 9.82. The van der Waals surface area contributed by atoms with E-state index in [1.165, 1.54) is 6.42 Å². The van der Waals surface area contributed by atoms with Gasteiger partial charge in [0, 0.05) is 0 Å². The Labute approximate surface area is 119 Å². The standard InChI is InChI=1S/C16H21N3O/c1-12-5-4-8-16(9-12,11-20)19-15-10-17-13-6-2-3-7-14(13)18-15/h2-3,6-7,10,12,20H,4-5,8-9,11H2,1H3,(H,18,19). The van der Waals surface area contributed by atoms with E-state index in [0.717, 1.165) is 36.1 Å². The fourth-order valence-electron chi connectivity index (χ4n) is 3.25. The van der Waals surface area contributed by atoms with Crippen LogP contribution in [0, 0.1) is 5.92 Å². The number of nitrogens with zero attached hydrogens (tertiary/aromatic N) is 2. The molecular weight excluding hydrogens is 250 g/mol. The first-order chi connectivity index (χ1) is 9.71. The van der Waals surface area contributed by atoms with Gasteiger partial charge in [-0.05, 0) is 30.9 Å². The Kier molecular flexibility index (Phi) is 3.57. The third kappa shape index (κ3) is 2.61. The highest BCUT2D eigenvalue weighted by atomic mass is 16.3. The summed E-state index contributed by atoms with van der Waals surface area (Å²) in [6.07, 6.45) is 6.13. The number of aliphatic hydroxyl groups is 1. The molecule has 1 fully saturated rings. The van der Waals surface area contributed by atoms with Gasteiger partial charge in [0.2, 0.25) is 0 Å². The molecule has 20 heavy (non-hydrogen) atoms. The monoisotopic (exact) mass is 271 g/mol. The highest BCUT2D eigenvalue weighted by molar-refractivity contribution is 5.75. The van der Waals surface area contributed by atoms with Crippen molar-refractivity contribution in [3.05, 3.63) is 30.5 Å². The lowest BCUT2D eigenvalue weighted by Crippen LogP contribution is -2.46. The van der Waals surface area contributed by atoms with E-state index in [4.69, 9.17) is 0 Å². The van der Waals surface area contributed by atoms with Crippen LogP contribution in [0.1, 0.15) is 32.6 Å². The van der Waals surface area contributed by atoms with Gasteiger partial charge < -0.3 is 10.4 Å². The van der Waals surface area contributed by atoms with Crippen LogP contribution in [-0.4, -0.2) is 27.2 Å². The molecule has 0 saturated heterocycles. The second-order valence-corrected chi connectivity index (χ2v) is 6.01. The molecule has 1 saturated carbocycles. The molecular formula is C16H21N3O. The van der Waals surface area contributed by atoms with Gasteiger partial charge in [-0.25, -0.2) is 4.98 Å². The molecule has 0 radical (unpaired) electrons. The van der Waals surface area contributed by atoms with Crippen molar-refractivity contribution in [3.8, 4) is 0 Å². The topological polar surface area (TPSA) is 58.0 Å². The van der Waals surface area contributed by atoms with Crippen molar-refractivity contribution in [3.63, 3.8) is 0 Å². The van der Waals surface area contributed by atoms with Crippen molar-refractivity contribution < 1.29 is 5.11 Å². The third-order valence-corrected chi connectivity index (χ3v) is 4.24. The van der Waals surface area contributed by atoms with Crippen LogP contribution in [0.25, 0.3) is 11.0 Å². The fraction of sp³-hybridized carbons (Fsp3) is 0.500. The summed E-state index contributed by atoms with van der Waals surface area (Å²) in [6.45, 7) is 2.39. The fourth-order valence-corrected chi connectivity index (χ4v) is 3.25. The predicted molar refractivity (Wildman–Crippen MR) is 80.6 cm³/mol. The maximum absolute atomic E-state index is 9.82. The largest absolute Gasteiger partial charge is 0.394 e. The minimum Gasteiger partial charge on any atom is -0.394 e. The summed E-state index contributed by atoms with van der Waals surface area (Å²) < 4.78 is 0. The molecule has 0 aliphatic heterocycles. The normalized spacial score (nSPS) is 26.6. The number of nitrogens with one attached hydrogen (secondary N) is 1. The van der Waals surface area contributed by atoms with Gasteiger partial charge in [-0.2, -0.15) is 0 Å². The Hall–Kier alpha value is -1.68. The summed E-state index contributed by atoms with van der Waals surface area (Å²) in [5.41, 5.74) is 1.54. The van der Waals surface area contributed by atoms with Crippen LogP contribution < -0.4 is 5.32 Å². The smallest absolute Gasteiger partial charge is 0.145 e. The van der Waals surface area contributed by atoms with Gasteiger partial charge in [0.1, 0.15) is 5.82 Å². The lowest BCUT2D eigenvalue weighted by atomic mass is 9.77. The van der Waals surface area contributed by atoms with Crippen molar-refractivity contribution in [2.45, 2.75) is 38.1 Å². The van der Waals surface area contributed by atoms with Gasteiger partial charge in [-0.1, -0.05) is 31.9 Å². The van der Waals surface area contributed by atoms with Crippen molar-refractivity contribution >= 4 is 16.9 Å². The number of hydrogen-bond donors (Lipinski definition) is 2. The van der Waals surface area contributed by atoms with E-state index >= 15 is 0 Å². The van der Waals surface area contributed by atoms with Crippen molar-refractivity contribution in [1.82, 2.24) is 9.97 Å². The number of para-hydroxylation sites is 2. The van der Waals surface area contributed by atoms with Crippen LogP contribution in [0.2, 0.25) is 0 Å². The molecule has 4 nitrogen and oxygen atoms in total. The second kappa shape index (κ2) is 5.37. The molecule has 106 valence electrons. The molecule has 2 aromatic rings. The van der Waals surface area contributed by atoms with Crippen LogP contribution in [0.5, 0.6) is 0 Å². The van der Waals surface area contributed by atoms with Gasteiger partial charge in [-0.3, -0.25) is 4.98 Å². The maximum Gasteiger partial charge on any atom is 0.145 e. The molecule has 3 rings (SSSR count). The lowest BCUT2D eigenvalue weighted by molar-refractivity contribution is 0.149. The molecule has 2 atom stereocenters. The number of anilines is 1.